The smallest absolute Gasteiger partial charge is 0.252 e. The second-order valence-corrected chi connectivity index (χ2v) is 6.04. The van der Waals surface area contributed by atoms with Crippen molar-refractivity contribution < 1.29 is 4.79 Å². The predicted molar refractivity (Wildman–Crippen MR) is 95.4 cm³/mol. The Balaban J connectivity index is 2.26. The van der Waals surface area contributed by atoms with Crippen molar-refractivity contribution in [2.45, 2.75) is 40.0 Å². The lowest BCUT2D eigenvalue weighted by Gasteiger charge is -2.17. The first-order valence-corrected chi connectivity index (χ1v) is 8.12. The summed E-state index contributed by atoms with van der Waals surface area (Å²) in [6.45, 7) is 9.13. The van der Waals surface area contributed by atoms with E-state index < -0.39 is 0 Å². The number of carbonyl (C=O) groups is 1. The van der Waals surface area contributed by atoms with Crippen LogP contribution in [-0.4, -0.2) is 17.4 Å². The summed E-state index contributed by atoms with van der Waals surface area (Å²) in [5.41, 5.74) is 4.92. The van der Waals surface area contributed by atoms with Gasteiger partial charge < -0.3 is 10.6 Å². The number of anilines is 2. The van der Waals surface area contributed by atoms with Gasteiger partial charge in [0.15, 0.2) is 0 Å². The molecule has 0 aliphatic rings. The second-order valence-electron chi connectivity index (χ2n) is 6.04. The maximum Gasteiger partial charge on any atom is 0.252 e. The molecule has 0 bridgehead atoms. The van der Waals surface area contributed by atoms with Crippen LogP contribution < -0.4 is 10.6 Å². The zero-order valence-electron chi connectivity index (χ0n) is 14.3. The molecule has 1 heterocycles. The third-order valence-corrected chi connectivity index (χ3v) is 3.73. The molecule has 0 saturated carbocycles. The van der Waals surface area contributed by atoms with E-state index in [4.69, 9.17) is 0 Å². The minimum Gasteiger partial charge on any atom is -0.354 e. The molecule has 122 valence electrons. The largest absolute Gasteiger partial charge is 0.354 e. The molecule has 0 aliphatic carbocycles. The molecule has 0 saturated heterocycles. The Labute approximate surface area is 138 Å². The van der Waals surface area contributed by atoms with Gasteiger partial charge in [0.1, 0.15) is 0 Å². The predicted octanol–water partition coefficient (Wildman–Crippen LogP) is 4.40. The number of hydrogen-bond acceptors (Lipinski definition) is 3. The summed E-state index contributed by atoms with van der Waals surface area (Å²) in [6.07, 6.45) is 4.25. The van der Waals surface area contributed by atoms with Gasteiger partial charge in [0.2, 0.25) is 0 Å². The Kier molecular flexibility index (Phi) is 5.74. The quantitative estimate of drug-likeness (QED) is 0.831. The Hall–Kier alpha value is -2.36. The molecule has 0 spiro atoms. The number of rotatable bonds is 6. The third kappa shape index (κ3) is 4.31. The molecule has 0 atom stereocenters. The number of nitrogens with zero attached hydrogens (tertiary/aromatic N) is 1. The van der Waals surface area contributed by atoms with Gasteiger partial charge in [-0.15, -0.1) is 0 Å². The SMILES string of the molecule is CCCNC(=O)c1cncc(Nc2c(C)cccc2C(C)C)c1. The van der Waals surface area contributed by atoms with Crippen LogP contribution in [0.25, 0.3) is 0 Å². The molecule has 2 N–H and O–H groups in total. The second kappa shape index (κ2) is 7.77. The molecule has 23 heavy (non-hydrogen) atoms. The van der Waals surface area contributed by atoms with Crippen LogP contribution in [0.5, 0.6) is 0 Å². The molecule has 2 rings (SSSR count). The van der Waals surface area contributed by atoms with Gasteiger partial charge in [-0.3, -0.25) is 9.78 Å². The highest BCUT2D eigenvalue weighted by molar-refractivity contribution is 5.94. The van der Waals surface area contributed by atoms with Crippen molar-refractivity contribution in [1.29, 1.82) is 0 Å². The number of para-hydroxylation sites is 1. The van der Waals surface area contributed by atoms with Crippen LogP contribution in [0.4, 0.5) is 11.4 Å². The molecule has 1 amide bonds. The summed E-state index contributed by atoms with van der Waals surface area (Å²) in [7, 11) is 0. The highest BCUT2D eigenvalue weighted by Crippen LogP contribution is 2.30. The van der Waals surface area contributed by atoms with Crippen molar-refractivity contribution in [3.05, 3.63) is 53.3 Å². The van der Waals surface area contributed by atoms with Gasteiger partial charge in [-0.25, -0.2) is 0 Å². The number of benzene rings is 1. The first-order valence-electron chi connectivity index (χ1n) is 8.12. The van der Waals surface area contributed by atoms with E-state index in [0.29, 0.717) is 18.0 Å². The Morgan fingerprint density at radius 3 is 2.74 bits per heavy atom. The first kappa shape index (κ1) is 17.0. The van der Waals surface area contributed by atoms with Gasteiger partial charge in [-0.05, 0) is 36.5 Å². The monoisotopic (exact) mass is 311 g/mol. The molecular weight excluding hydrogens is 286 g/mol. The Morgan fingerprint density at radius 1 is 1.26 bits per heavy atom. The number of nitrogens with one attached hydrogen (secondary N) is 2. The van der Waals surface area contributed by atoms with E-state index in [1.165, 1.54) is 11.1 Å². The highest BCUT2D eigenvalue weighted by atomic mass is 16.1. The van der Waals surface area contributed by atoms with Crippen molar-refractivity contribution in [2.24, 2.45) is 0 Å². The molecule has 4 nitrogen and oxygen atoms in total. The average Bonchev–Trinajstić information content (AvgIpc) is 2.54. The molecule has 0 unspecified atom stereocenters. The lowest BCUT2D eigenvalue weighted by Crippen LogP contribution is -2.24. The topological polar surface area (TPSA) is 54.0 Å². The summed E-state index contributed by atoms with van der Waals surface area (Å²) in [4.78, 5) is 16.3. The fraction of sp³-hybridized carbons (Fsp3) is 0.368. The van der Waals surface area contributed by atoms with Gasteiger partial charge in [0, 0.05) is 18.4 Å². The van der Waals surface area contributed by atoms with E-state index in [1.54, 1.807) is 12.4 Å². The molecule has 2 aromatic rings. The standard InChI is InChI=1S/C19H25N3O/c1-5-9-21-19(23)15-10-16(12-20-11-15)22-18-14(4)7-6-8-17(18)13(2)3/h6-8,10-13,22H,5,9H2,1-4H3,(H,21,23). The summed E-state index contributed by atoms with van der Waals surface area (Å²) < 4.78 is 0. The third-order valence-electron chi connectivity index (χ3n) is 3.73. The fourth-order valence-electron chi connectivity index (χ4n) is 2.46. The minimum atomic E-state index is -0.0862. The van der Waals surface area contributed by atoms with Gasteiger partial charge in [-0.2, -0.15) is 0 Å². The van der Waals surface area contributed by atoms with Crippen molar-refractivity contribution in [3.8, 4) is 0 Å². The van der Waals surface area contributed by atoms with Crippen LogP contribution in [0.1, 0.15) is 54.6 Å². The number of hydrogen-bond donors (Lipinski definition) is 2. The van der Waals surface area contributed by atoms with Crippen LogP contribution in [0.15, 0.2) is 36.7 Å². The summed E-state index contributed by atoms with van der Waals surface area (Å²) in [5, 5.41) is 6.30. The van der Waals surface area contributed by atoms with E-state index in [0.717, 1.165) is 17.8 Å². The number of amides is 1. The average molecular weight is 311 g/mol. The molecule has 0 aliphatic heterocycles. The van der Waals surface area contributed by atoms with Gasteiger partial charge in [0.05, 0.1) is 17.4 Å². The maximum absolute atomic E-state index is 12.1. The number of pyridine rings is 1. The van der Waals surface area contributed by atoms with E-state index in [2.05, 4.69) is 54.6 Å². The van der Waals surface area contributed by atoms with Crippen LogP contribution in [0.3, 0.4) is 0 Å². The zero-order chi connectivity index (χ0) is 16.8. The number of aryl methyl sites for hydroxylation is 1. The Bertz CT molecular complexity index is 680. The maximum atomic E-state index is 12.1. The normalized spacial score (nSPS) is 10.7. The van der Waals surface area contributed by atoms with Crippen LogP contribution in [-0.2, 0) is 0 Å². The van der Waals surface area contributed by atoms with Crippen molar-refractivity contribution in [1.82, 2.24) is 10.3 Å². The molecular formula is C19H25N3O. The van der Waals surface area contributed by atoms with Crippen molar-refractivity contribution in [3.63, 3.8) is 0 Å². The Morgan fingerprint density at radius 2 is 2.04 bits per heavy atom. The minimum absolute atomic E-state index is 0.0862. The van der Waals surface area contributed by atoms with Crippen molar-refractivity contribution in [2.75, 3.05) is 11.9 Å². The van der Waals surface area contributed by atoms with Gasteiger partial charge in [-0.1, -0.05) is 39.0 Å². The number of carbonyl (C=O) groups excluding carboxylic acids is 1. The van der Waals surface area contributed by atoms with Gasteiger partial charge >= 0.3 is 0 Å². The number of aromatic nitrogens is 1. The fourth-order valence-corrected chi connectivity index (χ4v) is 2.46. The lowest BCUT2D eigenvalue weighted by atomic mass is 9.98. The van der Waals surface area contributed by atoms with Gasteiger partial charge in [0.25, 0.3) is 5.91 Å². The van der Waals surface area contributed by atoms with E-state index in [1.807, 2.05) is 13.0 Å². The molecule has 1 aromatic heterocycles. The van der Waals surface area contributed by atoms with E-state index >= 15 is 0 Å². The summed E-state index contributed by atoms with van der Waals surface area (Å²) in [6, 6.07) is 8.13. The van der Waals surface area contributed by atoms with E-state index in [-0.39, 0.29) is 5.91 Å². The summed E-state index contributed by atoms with van der Waals surface area (Å²) >= 11 is 0. The molecule has 1 aromatic carbocycles. The highest BCUT2D eigenvalue weighted by Gasteiger charge is 2.11. The van der Waals surface area contributed by atoms with Crippen LogP contribution >= 0.6 is 0 Å². The molecule has 4 heteroatoms. The lowest BCUT2D eigenvalue weighted by molar-refractivity contribution is 0.0953. The zero-order valence-corrected chi connectivity index (χ0v) is 14.3. The molecule has 0 radical (unpaired) electrons. The molecule has 0 fully saturated rings. The van der Waals surface area contributed by atoms with Crippen LogP contribution in [0.2, 0.25) is 0 Å². The first-order chi connectivity index (χ1) is 11.0. The summed E-state index contributed by atoms with van der Waals surface area (Å²) in [5.74, 6) is 0.332. The van der Waals surface area contributed by atoms with E-state index in [9.17, 15) is 4.79 Å². The van der Waals surface area contributed by atoms with Crippen LogP contribution in [0, 0.1) is 6.92 Å². The van der Waals surface area contributed by atoms with Crippen molar-refractivity contribution >= 4 is 17.3 Å².